The minimum Gasteiger partial charge on any atom is -0.463 e. The van der Waals surface area contributed by atoms with Crippen LogP contribution in [0.2, 0.25) is 0 Å². The van der Waals surface area contributed by atoms with Crippen molar-refractivity contribution in [1.82, 2.24) is 14.9 Å². The molecule has 1 aliphatic carbocycles. The quantitative estimate of drug-likeness (QED) is 0.423. The zero-order valence-corrected chi connectivity index (χ0v) is 19.6. The Morgan fingerprint density at radius 1 is 0.943 bits per heavy atom. The first-order valence-electron chi connectivity index (χ1n) is 11.5. The molecule has 9 heteroatoms. The average molecular weight is 486 g/mol. The van der Waals surface area contributed by atoms with Gasteiger partial charge in [0.2, 0.25) is 9.84 Å². The van der Waals surface area contributed by atoms with Crippen molar-refractivity contribution in [1.29, 1.82) is 0 Å². The highest BCUT2D eigenvalue weighted by atomic mass is 32.2. The number of hydrogen-bond donors (Lipinski definition) is 1. The molecule has 1 N–H and O–H groups in total. The molecule has 0 radical (unpaired) electrons. The number of sulfone groups is 1. The lowest BCUT2D eigenvalue weighted by atomic mass is 10.2. The number of benzene rings is 3. The minimum absolute atomic E-state index is 0.233. The molecule has 1 saturated carbocycles. The van der Waals surface area contributed by atoms with Crippen LogP contribution in [-0.4, -0.2) is 48.5 Å². The van der Waals surface area contributed by atoms with Crippen molar-refractivity contribution in [3.05, 3.63) is 79.1 Å². The van der Waals surface area contributed by atoms with Gasteiger partial charge >= 0.3 is 0 Å². The molecule has 0 spiro atoms. The lowest BCUT2D eigenvalue weighted by Gasteiger charge is -2.14. The third kappa shape index (κ3) is 4.30. The predicted octanol–water partition coefficient (Wildman–Crippen LogP) is 4.69. The number of amidine groups is 1. The van der Waals surface area contributed by atoms with Crippen LogP contribution >= 0.6 is 0 Å². The molecule has 1 aliphatic heterocycles. The second-order valence-corrected chi connectivity index (χ2v) is 10.5. The topological polar surface area (TPSA) is 96.8 Å². The van der Waals surface area contributed by atoms with Crippen molar-refractivity contribution in [2.24, 2.45) is 4.99 Å². The zero-order valence-electron chi connectivity index (χ0n) is 18.8. The number of nitrogens with zero attached hydrogens (tertiary/aromatic N) is 4. The highest BCUT2D eigenvalue weighted by Gasteiger charge is 2.35. The fourth-order valence-corrected chi connectivity index (χ4v) is 5.43. The van der Waals surface area contributed by atoms with Crippen LogP contribution in [-0.2, 0) is 14.6 Å². The van der Waals surface area contributed by atoms with Crippen LogP contribution in [0.5, 0.6) is 0 Å². The van der Waals surface area contributed by atoms with Gasteiger partial charge in [-0.3, -0.25) is 0 Å². The lowest BCUT2D eigenvalue weighted by Crippen LogP contribution is -2.27. The van der Waals surface area contributed by atoms with Gasteiger partial charge in [0.05, 0.1) is 27.5 Å². The molecule has 0 amide bonds. The molecular formula is C26H23N5O3S. The Bertz CT molecular complexity index is 1520. The largest absolute Gasteiger partial charge is 0.463 e. The molecule has 4 aromatic rings. The fourth-order valence-electron chi connectivity index (χ4n) is 4.15. The van der Waals surface area contributed by atoms with Crippen LogP contribution in [0.25, 0.3) is 10.9 Å². The van der Waals surface area contributed by atoms with E-state index in [0.717, 1.165) is 23.1 Å². The van der Waals surface area contributed by atoms with E-state index in [1.165, 1.54) is 19.2 Å². The van der Waals surface area contributed by atoms with E-state index in [9.17, 15) is 8.42 Å². The minimum atomic E-state index is -3.57. The first-order valence-corrected chi connectivity index (χ1v) is 13.0. The Morgan fingerprint density at radius 3 is 2.49 bits per heavy atom. The second-order valence-electron chi connectivity index (χ2n) is 8.56. The average Bonchev–Trinajstić information content (AvgIpc) is 3.63. The van der Waals surface area contributed by atoms with Crippen LogP contribution in [0.3, 0.4) is 0 Å². The number of fused-ring (bicyclic) bond motifs is 1. The molecule has 1 saturated heterocycles. The SMILES string of the molecule is O=S(=O)(c1ccccc1)c1ccc(Nc2ncnc3ccc(N=C4OCCN4C4CC4)cc23)cc1. The van der Waals surface area contributed by atoms with Gasteiger partial charge in [0.15, 0.2) is 0 Å². The lowest BCUT2D eigenvalue weighted by molar-refractivity contribution is 0.351. The molecule has 0 atom stereocenters. The monoisotopic (exact) mass is 485 g/mol. The maximum Gasteiger partial charge on any atom is 0.293 e. The Hall–Kier alpha value is -3.98. The van der Waals surface area contributed by atoms with Crippen LogP contribution in [0, 0.1) is 0 Å². The van der Waals surface area contributed by atoms with E-state index in [0.29, 0.717) is 30.2 Å². The number of nitrogens with one attached hydrogen (secondary N) is 1. The molecule has 2 heterocycles. The van der Waals surface area contributed by atoms with Gasteiger partial charge in [0, 0.05) is 17.1 Å². The van der Waals surface area contributed by atoms with Crippen molar-refractivity contribution in [2.45, 2.75) is 28.7 Å². The van der Waals surface area contributed by atoms with Gasteiger partial charge in [0.1, 0.15) is 18.8 Å². The molecule has 2 aliphatic rings. The summed E-state index contributed by atoms with van der Waals surface area (Å²) < 4.78 is 31.5. The smallest absolute Gasteiger partial charge is 0.293 e. The Morgan fingerprint density at radius 2 is 1.71 bits per heavy atom. The normalized spacial score (nSPS) is 17.0. The molecule has 3 aromatic carbocycles. The summed E-state index contributed by atoms with van der Waals surface area (Å²) in [5, 5.41) is 4.10. The van der Waals surface area contributed by atoms with Crippen LogP contribution in [0.1, 0.15) is 12.8 Å². The van der Waals surface area contributed by atoms with Crippen molar-refractivity contribution >= 4 is 44.0 Å². The summed E-state index contributed by atoms with van der Waals surface area (Å²) >= 11 is 0. The van der Waals surface area contributed by atoms with Gasteiger partial charge in [-0.15, -0.1) is 0 Å². The molecule has 176 valence electrons. The molecule has 6 rings (SSSR count). The molecule has 2 fully saturated rings. The number of hydrogen-bond acceptors (Lipinski definition) is 7. The first-order chi connectivity index (χ1) is 17.1. The maximum absolute atomic E-state index is 12.9. The number of aromatic nitrogens is 2. The van der Waals surface area contributed by atoms with E-state index in [4.69, 9.17) is 9.73 Å². The van der Waals surface area contributed by atoms with E-state index < -0.39 is 9.84 Å². The van der Waals surface area contributed by atoms with Crippen LogP contribution < -0.4 is 5.32 Å². The van der Waals surface area contributed by atoms with Crippen molar-refractivity contribution in [3.63, 3.8) is 0 Å². The van der Waals surface area contributed by atoms with Gasteiger partial charge in [-0.2, -0.15) is 4.99 Å². The number of anilines is 2. The highest BCUT2D eigenvalue weighted by molar-refractivity contribution is 7.91. The molecule has 35 heavy (non-hydrogen) atoms. The Balaban J connectivity index is 1.28. The van der Waals surface area contributed by atoms with Crippen LogP contribution in [0.4, 0.5) is 17.2 Å². The van der Waals surface area contributed by atoms with E-state index >= 15 is 0 Å². The van der Waals surface area contributed by atoms with E-state index in [2.05, 4.69) is 20.2 Å². The molecule has 1 aromatic heterocycles. The molecule has 0 unspecified atom stereocenters. The van der Waals surface area contributed by atoms with Gasteiger partial charge in [-0.1, -0.05) is 18.2 Å². The van der Waals surface area contributed by atoms with Crippen molar-refractivity contribution < 1.29 is 13.2 Å². The predicted molar refractivity (Wildman–Crippen MR) is 134 cm³/mol. The maximum atomic E-state index is 12.9. The summed E-state index contributed by atoms with van der Waals surface area (Å²) in [4.78, 5) is 16.3. The Labute approximate surface area is 203 Å². The fraction of sp³-hybridized carbons (Fsp3) is 0.192. The van der Waals surface area contributed by atoms with Gasteiger partial charge in [-0.25, -0.2) is 18.4 Å². The Kier molecular flexibility index (Phi) is 5.33. The second kappa shape index (κ2) is 8.66. The van der Waals surface area contributed by atoms with Gasteiger partial charge < -0.3 is 15.0 Å². The number of rotatable bonds is 6. The van der Waals surface area contributed by atoms with E-state index in [1.54, 1.807) is 54.6 Å². The van der Waals surface area contributed by atoms with E-state index in [1.807, 2.05) is 18.2 Å². The van der Waals surface area contributed by atoms with Gasteiger partial charge in [-0.05, 0) is 67.4 Å². The van der Waals surface area contributed by atoms with Crippen molar-refractivity contribution in [3.8, 4) is 0 Å². The third-order valence-corrected chi connectivity index (χ3v) is 7.91. The summed E-state index contributed by atoms with van der Waals surface area (Å²) in [6.45, 7) is 1.54. The van der Waals surface area contributed by atoms with Crippen LogP contribution in [0.15, 0.2) is 93.9 Å². The third-order valence-electron chi connectivity index (χ3n) is 6.12. The summed E-state index contributed by atoms with van der Waals surface area (Å²) in [6, 6.07) is 22.0. The molecule has 0 bridgehead atoms. The highest BCUT2D eigenvalue weighted by Crippen LogP contribution is 2.32. The van der Waals surface area contributed by atoms with Crippen molar-refractivity contribution in [2.75, 3.05) is 18.5 Å². The summed E-state index contributed by atoms with van der Waals surface area (Å²) in [5.41, 5.74) is 2.26. The standard InChI is InChI=1S/C26H23N5O3S/c32-35(33,21-4-2-1-3-5-21)22-11-6-18(7-12-22)29-25-23-16-19(8-13-24(23)27-17-28-25)30-26-31(14-15-34-26)20-9-10-20/h1-8,11-13,16-17,20H,9-10,14-15H2,(H,27,28,29). The summed E-state index contributed by atoms with van der Waals surface area (Å²) in [6.07, 6.45) is 3.88. The van der Waals surface area contributed by atoms with E-state index in [-0.39, 0.29) is 9.79 Å². The molecule has 8 nitrogen and oxygen atoms in total. The summed E-state index contributed by atoms with van der Waals surface area (Å²) in [7, 11) is -3.57. The number of aliphatic imine (C=N–C) groups is 1. The van der Waals surface area contributed by atoms with Gasteiger partial charge in [0.25, 0.3) is 6.02 Å². The molecular weight excluding hydrogens is 462 g/mol. The first kappa shape index (κ1) is 21.5. The zero-order chi connectivity index (χ0) is 23.8. The summed E-state index contributed by atoms with van der Waals surface area (Å²) in [5.74, 6) is 0.613. The number of ether oxygens (including phenoxy) is 1.